The van der Waals surface area contributed by atoms with Crippen LogP contribution in [-0.2, 0) is 30.3 Å². The summed E-state index contributed by atoms with van der Waals surface area (Å²) in [5.74, 6) is -3.51. The van der Waals surface area contributed by atoms with Gasteiger partial charge in [0.05, 0.1) is 11.1 Å². The Morgan fingerprint density at radius 2 is 1.43 bits per heavy atom. The molecule has 356 valence electrons. The molecular formula is C52H65N7O8. The highest BCUT2D eigenvalue weighted by Crippen LogP contribution is 2.28. The Labute approximate surface area is 394 Å². The minimum absolute atomic E-state index is 0.115. The molecule has 0 saturated heterocycles. The molecule has 0 aliphatic carbocycles. The molecule has 0 saturated carbocycles. The maximum absolute atomic E-state index is 14.1. The number of guanidine groups is 2. The minimum atomic E-state index is -1.49. The Hall–Kier alpha value is -7.42. The van der Waals surface area contributed by atoms with Crippen molar-refractivity contribution in [3.63, 3.8) is 0 Å². The number of unbranched alkanes of at least 4 members (excludes halogenated alkanes) is 1. The summed E-state index contributed by atoms with van der Waals surface area (Å²) >= 11 is 0. The molecule has 0 fully saturated rings. The van der Waals surface area contributed by atoms with Crippen molar-refractivity contribution >= 4 is 41.6 Å². The number of benzene rings is 2. The van der Waals surface area contributed by atoms with E-state index in [0.29, 0.717) is 24.0 Å². The number of nitrogens with zero attached hydrogens (tertiary/aromatic N) is 2. The first-order chi connectivity index (χ1) is 32.2. The molecule has 15 heteroatoms. The number of carbonyl (C=O) groups excluding carboxylic acids is 5. The van der Waals surface area contributed by atoms with Gasteiger partial charge in [-0.1, -0.05) is 118 Å². The van der Waals surface area contributed by atoms with E-state index in [0.717, 1.165) is 25.7 Å². The number of allylic oxidation sites excluding steroid dienone is 10. The summed E-state index contributed by atoms with van der Waals surface area (Å²) in [7, 11) is 3.20. The van der Waals surface area contributed by atoms with Gasteiger partial charge in [0, 0.05) is 57.7 Å². The van der Waals surface area contributed by atoms with Crippen LogP contribution in [0.1, 0.15) is 104 Å². The van der Waals surface area contributed by atoms with E-state index in [9.17, 15) is 24.0 Å². The average molecular weight is 916 g/mol. The second kappa shape index (κ2) is 29.9. The van der Waals surface area contributed by atoms with Crippen LogP contribution in [0.5, 0.6) is 5.75 Å². The number of amides is 2. The zero-order valence-electron chi connectivity index (χ0n) is 39.2. The zero-order valence-corrected chi connectivity index (χ0v) is 39.2. The lowest BCUT2D eigenvalue weighted by molar-refractivity contribution is -0.153. The standard InChI is InChI=1S/C52H65N7O8/c1-6-7-8-9-10-11-12-13-14-15-16-17-18-19-20-21-32-45(61)65-38-52(2,3)46(47(62)56-35-33-44(60)57-50(53)58-51(54)59(4)5)67-49(64)42-30-24-22-27-39(42)36-40-28-23-25-31-43(40)66-48(63)41-29-26-34-55-37-41/h7-8,10-11,13-14,16-19,22-31,34,37,46H,6,9,12,15,20-21,32-33,35-36,38H2,1-5H3,(H,56,62)(H4,53,54,57,58,60)/b8-7-,11-10-,14-13-,17-16+,19-18+/t46-/m0/s1. The third-order valence-electron chi connectivity index (χ3n) is 9.76. The van der Waals surface area contributed by atoms with E-state index in [2.05, 4.69) is 70.4 Å². The van der Waals surface area contributed by atoms with Gasteiger partial charge >= 0.3 is 17.9 Å². The van der Waals surface area contributed by atoms with Crippen molar-refractivity contribution in [3.8, 4) is 5.75 Å². The van der Waals surface area contributed by atoms with Crippen molar-refractivity contribution in [2.24, 2.45) is 5.41 Å². The summed E-state index contributed by atoms with van der Waals surface area (Å²) in [6.07, 6.45) is 27.2. The Morgan fingerprint density at radius 1 is 0.776 bits per heavy atom. The normalized spacial score (nSPS) is 12.1. The second-order valence-corrected chi connectivity index (χ2v) is 16.1. The fraction of sp³-hybridized carbons (Fsp3) is 0.346. The molecule has 0 spiro atoms. The first kappa shape index (κ1) is 53.9. The topological polar surface area (TPSA) is 213 Å². The third-order valence-corrected chi connectivity index (χ3v) is 9.76. The number of aromatic nitrogens is 1. The summed E-state index contributed by atoms with van der Waals surface area (Å²) in [6.45, 7) is 4.92. The van der Waals surface area contributed by atoms with Crippen LogP contribution in [0.15, 0.2) is 134 Å². The van der Waals surface area contributed by atoms with Gasteiger partial charge < -0.3 is 24.4 Å². The molecule has 15 nitrogen and oxygen atoms in total. The van der Waals surface area contributed by atoms with Crippen LogP contribution in [0.3, 0.4) is 0 Å². The summed E-state index contributed by atoms with van der Waals surface area (Å²) in [4.78, 5) is 71.7. The first-order valence-corrected chi connectivity index (χ1v) is 22.3. The summed E-state index contributed by atoms with van der Waals surface area (Å²) < 4.78 is 17.3. The molecule has 0 aliphatic heterocycles. The zero-order chi connectivity index (χ0) is 48.9. The number of ether oxygens (including phenoxy) is 3. The minimum Gasteiger partial charge on any atom is -0.465 e. The quantitative estimate of drug-likeness (QED) is 0.0104. The van der Waals surface area contributed by atoms with Gasteiger partial charge in [0.2, 0.25) is 11.9 Å². The molecule has 3 rings (SSSR count). The molecule has 1 heterocycles. The molecule has 0 radical (unpaired) electrons. The smallest absolute Gasteiger partial charge is 0.345 e. The van der Waals surface area contributed by atoms with E-state index in [-0.39, 0.29) is 55.3 Å². The highest BCUT2D eigenvalue weighted by atomic mass is 16.6. The molecule has 0 aliphatic rings. The van der Waals surface area contributed by atoms with E-state index in [4.69, 9.17) is 25.0 Å². The maximum atomic E-state index is 14.1. The van der Waals surface area contributed by atoms with Crippen LogP contribution in [0.4, 0.5) is 0 Å². The van der Waals surface area contributed by atoms with Crippen LogP contribution < -0.4 is 20.7 Å². The number of carbonyl (C=O) groups is 5. The predicted octanol–water partition coefficient (Wildman–Crippen LogP) is 8.16. The molecule has 3 aromatic rings. The SMILES string of the molecule is CC/C=C\C/C=C\C/C=C\C/C=C/C=C/CCCC(=O)OCC(C)(C)[C@@H](OC(=O)c1ccccc1Cc1ccccc1OC(=O)c1cccnc1)C(=O)NCCC(=O)NC(=N)NC(=N)N(C)C. The number of rotatable bonds is 25. The van der Waals surface area contributed by atoms with E-state index < -0.39 is 47.2 Å². The van der Waals surface area contributed by atoms with Gasteiger partial charge in [-0.2, -0.15) is 0 Å². The van der Waals surface area contributed by atoms with Crippen LogP contribution >= 0.6 is 0 Å². The average Bonchev–Trinajstić information content (AvgIpc) is 3.30. The lowest BCUT2D eigenvalue weighted by Crippen LogP contribution is -2.50. The van der Waals surface area contributed by atoms with Crippen LogP contribution in [0, 0.1) is 16.2 Å². The fourth-order valence-electron chi connectivity index (χ4n) is 6.06. The van der Waals surface area contributed by atoms with Gasteiger partial charge in [0.25, 0.3) is 5.91 Å². The molecule has 1 aromatic heterocycles. The van der Waals surface area contributed by atoms with Gasteiger partial charge in [0.1, 0.15) is 12.4 Å². The summed E-state index contributed by atoms with van der Waals surface area (Å²) in [5.41, 5.74) is 0.287. The van der Waals surface area contributed by atoms with Crippen LogP contribution in [0.25, 0.3) is 0 Å². The molecule has 2 amide bonds. The number of hydrogen-bond acceptors (Lipinski definition) is 11. The number of nitrogens with one attached hydrogen (secondary N) is 5. The molecule has 67 heavy (non-hydrogen) atoms. The van der Waals surface area contributed by atoms with Gasteiger partial charge in [-0.25, -0.2) is 9.59 Å². The van der Waals surface area contributed by atoms with Crippen molar-refractivity contribution in [2.75, 3.05) is 27.2 Å². The van der Waals surface area contributed by atoms with Gasteiger partial charge in [0.15, 0.2) is 12.1 Å². The van der Waals surface area contributed by atoms with Gasteiger partial charge in [-0.3, -0.25) is 40.8 Å². The largest absolute Gasteiger partial charge is 0.465 e. The highest BCUT2D eigenvalue weighted by molar-refractivity contribution is 6.03. The van der Waals surface area contributed by atoms with Crippen molar-refractivity contribution in [3.05, 3.63) is 156 Å². The monoisotopic (exact) mass is 915 g/mol. The Morgan fingerprint density at radius 3 is 2.12 bits per heavy atom. The predicted molar refractivity (Wildman–Crippen MR) is 261 cm³/mol. The Bertz CT molecular complexity index is 2260. The number of pyridine rings is 1. The molecule has 1 atom stereocenters. The molecule has 2 aromatic carbocycles. The van der Waals surface area contributed by atoms with Crippen molar-refractivity contribution < 1.29 is 38.2 Å². The Balaban J connectivity index is 1.66. The molecule has 5 N–H and O–H groups in total. The fourth-order valence-corrected chi connectivity index (χ4v) is 6.06. The highest BCUT2D eigenvalue weighted by Gasteiger charge is 2.40. The van der Waals surface area contributed by atoms with Crippen molar-refractivity contribution in [2.45, 2.75) is 84.7 Å². The van der Waals surface area contributed by atoms with Gasteiger partial charge in [-0.15, -0.1) is 0 Å². The van der Waals surface area contributed by atoms with Crippen LogP contribution in [-0.4, -0.2) is 84.9 Å². The second-order valence-electron chi connectivity index (χ2n) is 16.1. The summed E-state index contributed by atoms with van der Waals surface area (Å²) in [6, 6.07) is 16.8. The van der Waals surface area contributed by atoms with Gasteiger partial charge in [-0.05, 0) is 73.9 Å². The van der Waals surface area contributed by atoms with Crippen molar-refractivity contribution in [1.29, 1.82) is 10.8 Å². The van der Waals surface area contributed by atoms with Crippen molar-refractivity contribution in [1.82, 2.24) is 25.8 Å². The Kier molecular flexibility index (Phi) is 24.1. The molecule has 0 bridgehead atoms. The number of para-hydroxylation sites is 1. The number of esters is 3. The van der Waals surface area contributed by atoms with E-state index in [1.807, 2.05) is 18.2 Å². The van der Waals surface area contributed by atoms with E-state index >= 15 is 0 Å². The number of hydrogen-bond donors (Lipinski definition) is 5. The van der Waals surface area contributed by atoms with Crippen LogP contribution in [0.2, 0.25) is 0 Å². The molecular weight excluding hydrogens is 851 g/mol. The maximum Gasteiger partial charge on any atom is 0.345 e. The third kappa shape index (κ3) is 21.0. The lowest BCUT2D eigenvalue weighted by atomic mass is 9.86. The van der Waals surface area contributed by atoms with E-state index in [1.54, 1.807) is 94.8 Å². The lowest BCUT2D eigenvalue weighted by Gasteiger charge is -2.32. The van der Waals surface area contributed by atoms with E-state index in [1.165, 1.54) is 11.1 Å². The first-order valence-electron chi connectivity index (χ1n) is 22.3. The summed E-state index contributed by atoms with van der Waals surface area (Å²) in [5, 5.41) is 23.1. The molecule has 0 unspecified atom stereocenters.